The maximum absolute atomic E-state index is 12.8. The Kier molecular flexibility index (Phi) is 6.47. The number of carboxylic acids is 1. The van der Waals surface area contributed by atoms with Gasteiger partial charge in [-0.3, -0.25) is 14.5 Å². The fourth-order valence-electron chi connectivity index (χ4n) is 3.83. The molecule has 1 atom stereocenters. The normalized spacial score (nSPS) is 16.0. The average Bonchev–Trinajstić information content (AvgIpc) is 2.69. The number of carboxylic acid groups (broad SMARTS) is 1. The van der Waals surface area contributed by atoms with E-state index >= 15 is 0 Å². The summed E-state index contributed by atoms with van der Waals surface area (Å²) in [7, 11) is 0. The van der Waals surface area contributed by atoms with Crippen LogP contribution in [0.15, 0.2) is 48.5 Å². The fraction of sp³-hybridized carbons (Fsp3) is 0.391. The lowest BCUT2D eigenvalue weighted by Gasteiger charge is -2.39. The Balaban J connectivity index is 1.69. The molecular formula is C23H28N2O3. The summed E-state index contributed by atoms with van der Waals surface area (Å²) < 4.78 is 0. The minimum absolute atomic E-state index is 0.0624. The highest BCUT2D eigenvalue weighted by Crippen LogP contribution is 2.27. The highest BCUT2D eigenvalue weighted by molar-refractivity contribution is 5.95. The molecule has 1 aliphatic heterocycles. The molecule has 0 aromatic heterocycles. The van der Waals surface area contributed by atoms with Crippen LogP contribution in [0.3, 0.4) is 0 Å². The van der Waals surface area contributed by atoms with Crippen molar-refractivity contribution in [3.05, 3.63) is 70.8 Å². The molecule has 1 heterocycles. The molecule has 5 heteroatoms. The molecule has 2 aromatic carbocycles. The van der Waals surface area contributed by atoms with Crippen LogP contribution in [0.25, 0.3) is 0 Å². The quantitative estimate of drug-likeness (QED) is 0.831. The lowest BCUT2D eigenvalue weighted by atomic mass is 9.98. The Morgan fingerprint density at radius 2 is 1.61 bits per heavy atom. The standard InChI is InChI=1S/C23H28N2O3/c1-17-7-9-19(10-8-17)21(11-12-22(26)27)24-13-15-25(16-14-24)23(28)20-6-4-3-5-18(20)2/h3-10,21H,11-16H2,1-2H3,(H,26,27)/t21-/m1/s1. The number of hydrogen-bond donors (Lipinski definition) is 1. The second-order valence-electron chi connectivity index (χ2n) is 7.50. The minimum atomic E-state index is -0.773. The number of benzene rings is 2. The molecule has 0 unspecified atom stereocenters. The van der Waals surface area contributed by atoms with Gasteiger partial charge in [-0.25, -0.2) is 0 Å². The smallest absolute Gasteiger partial charge is 0.303 e. The number of nitrogens with zero attached hydrogens (tertiary/aromatic N) is 2. The van der Waals surface area contributed by atoms with Gasteiger partial charge in [0.2, 0.25) is 0 Å². The molecule has 28 heavy (non-hydrogen) atoms. The zero-order valence-electron chi connectivity index (χ0n) is 16.6. The highest BCUT2D eigenvalue weighted by Gasteiger charge is 2.28. The molecule has 0 spiro atoms. The van der Waals surface area contributed by atoms with Gasteiger partial charge in [0.05, 0.1) is 0 Å². The topological polar surface area (TPSA) is 60.9 Å². The number of carbonyl (C=O) groups excluding carboxylic acids is 1. The van der Waals surface area contributed by atoms with Gasteiger partial charge in [0.25, 0.3) is 5.91 Å². The molecule has 0 radical (unpaired) electrons. The maximum Gasteiger partial charge on any atom is 0.303 e. The van der Waals surface area contributed by atoms with Gasteiger partial charge in [0, 0.05) is 44.2 Å². The van der Waals surface area contributed by atoms with Crippen molar-refractivity contribution in [2.24, 2.45) is 0 Å². The van der Waals surface area contributed by atoms with Gasteiger partial charge < -0.3 is 10.0 Å². The van der Waals surface area contributed by atoms with Crippen molar-refractivity contribution in [1.29, 1.82) is 0 Å². The molecule has 148 valence electrons. The first-order chi connectivity index (χ1) is 13.5. The SMILES string of the molecule is Cc1ccc([C@@H](CCC(=O)O)N2CCN(C(=O)c3ccccc3C)CC2)cc1. The lowest BCUT2D eigenvalue weighted by molar-refractivity contribution is -0.137. The molecule has 1 amide bonds. The molecule has 0 saturated carbocycles. The number of hydrogen-bond acceptors (Lipinski definition) is 3. The monoisotopic (exact) mass is 380 g/mol. The molecule has 2 aromatic rings. The van der Waals surface area contributed by atoms with Crippen LogP contribution in [0.2, 0.25) is 0 Å². The largest absolute Gasteiger partial charge is 0.481 e. The molecular weight excluding hydrogens is 352 g/mol. The summed E-state index contributed by atoms with van der Waals surface area (Å²) in [6.45, 7) is 6.81. The van der Waals surface area contributed by atoms with E-state index in [9.17, 15) is 9.59 Å². The molecule has 3 rings (SSSR count). The van der Waals surface area contributed by atoms with E-state index in [4.69, 9.17) is 5.11 Å². The van der Waals surface area contributed by atoms with Gasteiger partial charge in [-0.15, -0.1) is 0 Å². The van der Waals surface area contributed by atoms with Crippen LogP contribution in [0.4, 0.5) is 0 Å². The van der Waals surface area contributed by atoms with Crippen molar-refractivity contribution in [2.45, 2.75) is 32.7 Å². The number of rotatable bonds is 6. The van der Waals surface area contributed by atoms with Gasteiger partial charge >= 0.3 is 5.97 Å². The third-order valence-corrected chi connectivity index (χ3v) is 5.51. The molecule has 0 aliphatic carbocycles. The first-order valence-electron chi connectivity index (χ1n) is 9.83. The van der Waals surface area contributed by atoms with Crippen molar-refractivity contribution >= 4 is 11.9 Å². The molecule has 1 N–H and O–H groups in total. The summed E-state index contributed by atoms with van der Waals surface area (Å²) in [5.41, 5.74) is 4.09. The highest BCUT2D eigenvalue weighted by atomic mass is 16.4. The van der Waals surface area contributed by atoms with Gasteiger partial charge in [-0.05, 0) is 37.5 Å². The van der Waals surface area contributed by atoms with E-state index in [0.717, 1.165) is 29.8 Å². The van der Waals surface area contributed by atoms with Crippen LogP contribution in [0.5, 0.6) is 0 Å². The lowest BCUT2D eigenvalue weighted by Crippen LogP contribution is -2.49. The van der Waals surface area contributed by atoms with Gasteiger partial charge in [0.15, 0.2) is 0 Å². The van der Waals surface area contributed by atoms with Crippen LogP contribution in [-0.4, -0.2) is 53.0 Å². The van der Waals surface area contributed by atoms with Crippen LogP contribution in [0.1, 0.15) is 45.9 Å². The maximum atomic E-state index is 12.8. The summed E-state index contributed by atoms with van der Waals surface area (Å²) in [4.78, 5) is 28.2. The predicted octanol–water partition coefficient (Wildman–Crippen LogP) is 3.67. The Hall–Kier alpha value is -2.66. The molecule has 1 fully saturated rings. The second kappa shape index (κ2) is 9.02. The number of aryl methyl sites for hydroxylation is 2. The zero-order valence-corrected chi connectivity index (χ0v) is 16.6. The number of aliphatic carboxylic acids is 1. The molecule has 1 aliphatic rings. The van der Waals surface area contributed by atoms with Gasteiger partial charge in [-0.1, -0.05) is 48.0 Å². The summed E-state index contributed by atoms with van der Waals surface area (Å²) in [6.07, 6.45) is 0.713. The summed E-state index contributed by atoms with van der Waals surface area (Å²) in [5, 5.41) is 9.15. The number of amides is 1. The van der Waals surface area contributed by atoms with Gasteiger partial charge in [0.1, 0.15) is 0 Å². The molecule has 5 nitrogen and oxygen atoms in total. The average molecular weight is 380 g/mol. The van der Waals surface area contributed by atoms with Crippen molar-refractivity contribution in [1.82, 2.24) is 9.80 Å². The Morgan fingerprint density at radius 1 is 0.964 bits per heavy atom. The van der Waals surface area contributed by atoms with Crippen molar-refractivity contribution < 1.29 is 14.7 Å². The van der Waals surface area contributed by atoms with E-state index in [1.165, 1.54) is 5.56 Å². The predicted molar refractivity (Wildman–Crippen MR) is 109 cm³/mol. The number of carbonyl (C=O) groups is 2. The van der Waals surface area contributed by atoms with Crippen LogP contribution in [0, 0.1) is 13.8 Å². The zero-order chi connectivity index (χ0) is 20.1. The number of piperazine rings is 1. The van der Waals surface area contributed by atoms with E-state index in [0.29, 0.717) is 19.5 Å². The van der Waals surface area contributed by atoms with Crippen molar-refractivity contribution in [3.8, 4) is 0 Å². The molecule has 0 bridgehead atoms. The third-order valence-electron chi connectivity index (χ3n) is 5.51. The van der Waals surface area contributed by atoms with E-state index in [-0.39, 0.29) is 18.4 Å². The van der Waals surface area contributed by atoms with E-state index in [1.807, 2.05) is 43.0 Å². The van der Waals surface area contributed by atoms with Crippen LogP contribution < -0.4 is 0 Å². The Morgan fingerprint density at radius 3 is 2.21 bits per heavy atom. The first-order valence-corrected chi connectivity index (χ1v) is 9.83. The van der Waals surface area contributed by atoms with Crippen LogP contribution in [-0.2, 0) is 4.79 Å². The summed E-state index contributed by atoms with van der Waals surface area (Å²) in [6, 6.07) is 16.1. The molecule has 1 saturated heterocycles. The minimum Gasteiger partial charge on any atom is -0.481 e. The Labute approximate surface area is 166 Å². The summed E-state index contributed by atoms with van der Waals surface area (Å²) in [5.74, 6) is -0.694. The first kappa shape index (κ1) is 20.1. The van der Waals surface area contributed by atoms with E-state index in [2.05, 4.69) is 29.2 Å². The van der Waals surface area contributed by atoms with E-state index < -0.39 is 5.97 Å². The van der Waals surface area contributed by atoms with Crippen molar-refractivity contribution in [2.75, 3.05) is 26.2 Å². The summed E-state index contributed by atoms with van der Waals surface area (Å²) >= 11 is 0. The van der Waals surface area contributed by atoms with Crippen LogP contribution >= 0.6 is 0 Å². The fourth-order valence-corrected chi connectivity index (χ4v) is 3.83. The Bertz CT molecular complexity index is 824. The van der Waals surface area contributed by atoms with E-state index in [1.54, 1.807) is 0 Å². The van der Waals surface area contributed by atoms with Crippen molar-refractivity contribution in [3.63, 3.8) is 0 Å². The third kappa shape index (κ3) is 4.78. The second-order valence-corrected chi connectivity index (χ2v) is 7.50. The van der Waals surface area contributed by atoms with Gasteiger partial charge in [-0.2, -0.15) is 0 Å².